The molecule has 1 heterocycles. The van der Waals surface area contributed by atoms with E-state index in [1.807, 2.05) is 24.3 Å². The van der Waals surface area contributed by atoms with Gasteiger partial charge in [-0.2, -0.15) is 15.4 Å². The van der Waals surface area contributed by atoms with Crippen LogP contribution in [0.15, 0.2) is 24.3 Å². The third-order valence-electron chi connectivity index (χ3n) is 4.84. The quantitative estimate of drug-likeness (QED) is 0.361. The number of aromatic amines is 1. The average Bonchev–Trinajstić information content (AvgIpc) is 3.15. The zero-order valence-electron chi connectivity index (χ0n) is 22.1. The van der Waals surface area contributed by atoms with E-state index in [1.54, 1.807) is 0 Å². The summed E-state index contributed by atoms with van der Waals surface area (Å²) < 4.78 is 0. The van der Waals surface area contributed by atoms with E-state index in [9.17, 15) is 19.8 Å². The number of rotatable bonds is 10. The van der Waals surface area contributed by atoms with E-state index in [0.29, 0.717) is 10.8 Å². The molecule has 2 rings (SSSR count). The van der Waals surface area contributed by atoms with Gasteiger partial charge in [0.05, 0.1) is 0 Å². The number of benzene rings is 1. The molecule has 8 heteroatoms. The summed E-state index contributed by atoms with van der Waals surface area (Å²) in [5.74, 6) is -1.85. The van der Waals surface area contributed by atoms with Gasteiger partial charge in [0.25, 0.3) is 0 Å². The smallest absolute Gasteiger partial charge is 0.550 e. The Labute approximate surface area is 218 Å². The molecule has 1 N–H and O–H groups in total. The van der Waals surface area contributed by atoms with E-state index >= 15 is 0 Å². The standard InChI is InChI=1S/2C10H20O2.C6H5N3.Zn/c2*1-10(2,3)8-6-4-5-7-9(11)12;1-2-4-6-5(3-1)7-9-8-6;/h2*4-8H2,1-3H3,(H,11,12);1-4H,(H,7,8,9);/q;;;+2/p-2. The molecule has 0 fully saturated rings. The number of hydrogen-bond donors (Lipinski definition) is 1. The number of carboxylic acids is 2. The molecular weight excluding hydrogens is 484 g/mol. The van der Waals surface area contributed by atoms with Crippen molar-refractivity contribution in [1.82, 2.24) is 15.4 Å². The van der Waals surface area contributed by atoms with Crippen LogP contribution in [0.5, 0.6) is 0 Å². The minimum Gasteiger partial charge on any atom is -0.550 e. The molecule has 0 saturated heterocycles. The van der Waals surface area contributed by atoms with Crippen molar-refractivity contribution in [1.29, 1.82) is 0 Å². The number of nitrogens with zero attached hydrogens (tertiary/aromatic N) is 2. The van der Waals surface area contributed by atoms with Gasteiger partial charge in [-0.3, -0.25) is 0 Å². The molecular formula is C26H43N3O4Zn. The van der Waals surface area contributed by atoms with Gasteiger partial charge in [-0.05, 0) is 61.5 Å². The third-order valence-corrected chi connectivity index (χ3v) is 4.84. The summed E-state index contributed by atoms with van der Waals surface area (Å²) in [6.07, 6.45) is 8.54. The minimum atomic E-state index is -0.925. The Morgan fingerprint density at radius 1 is 0.706 bits per heavy atom. The Kier molecular flexibility index (Phi) is 18.7. The largest absolute Gasteiger partial charge is 2.00 e. The van der Waals surface area contributed by atoms with E-state index in [4.69, 9.17) is 0 Å². The van der Waals surface area contributed by atoms with Crippen molar-refractivity contribution in [2.75, 3.05) is 0 Å². The molecule has 7 nitrogen and oxygen atoms in total. The summed E-state index contributed by atoms with van der Waals surface area (Å²) >= 11 is 0. The summed E-state index contributed by atoms with van der Waals surface area (Å²) in [5.41, 5.74) is 2.58. The van der Waals surface area contributed by atoms with E-state index in [0.717, 1.165) is 49.6 Å². The van der Waals surface area contributed by atoms with Crippen LogP contribution < -0.4 is 10.2 Å². The number of carbonyl (C=O) groups excluding carboxylic acids is 2. The molecule has 34 heavy (non-hydrogen) atoms. The number of aliphatic carboxylic acids is 2. The molecule has 1 aromatic carbocycles. The van der Waals surface area contributed by atoms with Crippen LogP contribution in [0.2, 0.25) is 0 Å². The fourth-order valence-electron chi connectivity index (χ4n) is 2.99. The van der Waals surface area contributed by atoms with Gasteiger partial charge >= 0.3 is 19.5 Å². The van der Waals surface area contributed by atoms with E-state index in [2.05, 4.69) is 57.0 Å². The number of carboxylic acid groups (broad SMARTS) is 2. The first kappa shape index (κ1) is 34.4. The molecule has 0 aliphatic carbocycles. The van der Waals surface area contributed by atoms with E-state index in [1.165, 1.54) is 12.8 Å². The molecule has 0 bridgehead atoms. The Morgan fingerprint density at radius 2 is 1.06 bits per heavy atom. The predicted octanol–water partition coefficient (Wildman–Crippen LogP) is 4.42. The van der Waals surface area contributed by atoms with Gasteiger partial charge in [0.1, 0.15) is 11.0 Å². The number of nitrogens with one attached hydrogen (secondary N) is 1. The first-order valence-corrected chi connectivity index (χ1v) is 12.0. The monoisotopic (exact) mass is 525 g/mol. The number of carbonyl (C=O) groups is 2. The second kappa shape index (κ2) is 18.5. The predicted molar refractivity (Wildman–Crippen MR) is 129 cm³/mol. The summed E-state index contributed by atoms with van der Waals surface area (Å²) in [6.45, 7) is 13.2. The van der Waals surface area contributed by atoms with E-state index < -0.39 is 11.9 Å². The normalized spacial score (nSPS) is 10.9. The Bertz CT molecular complexity index is 731. The van der Waals surface area contributed by atoms with Crippen molar-refractivity contribution in [2.45, 2.75) is 106 Å². The van der Waals surface area contributed by atoms with Crippen LogP contribution >= 0.6 is 0 Å². The van der Waals surface area contributed by atoms with Crippen LogP contribution in [0, 0.1) is 10.8 Å². The van der Waals surface area contributed by atoms with Crippen LogP contribution in [0.4, 0.5) is 0 Å². The summed E-state index contributed by atoms with van der Waals surface area (Å²) in [7, 11) is 0. The Morgan fingerprint density at radius 3 is 1.35 bits per heavy atom. The van der Waals surface area contributed by atoms with Gasteiger partial charge in [0.2, 0.25) is 0 Å². The fourth-order valence-corrected chi connectivity index (χ4v) is 2.99. The maximum Gasteiger partial charge on any atom is 2.00 e. The van der Waals surface area contributed by atoms with Crippen molar-refractivity contribution in [3.05, 3.63) is 24.3 Å². The van der Waals surface area contributed by atoms with Gasteiger partial charge in [0.15, 0.2) is 0 Å². The van der Waals surface area contributed by atoms with Crippen molar-refractivity contribution < 1.29 is 39.3 Å². The first-order chi connectivity index (χ1) is 15.3. The minimum absolute atomic E-state index is 0. The van der Waals surface area contributed by atoms with Gasteiger partial charge in [-0.25, -0.2) is 0 Å². The maximum atomic E-state index is 10.0. The van der Waals surface area contributed by atoms with Crippen LogP contribution in [0.3, 0.4) is 0 Å². The molecule has 0 aliphatic rings. The number of unbranched alkanes of at least 4 members (excludes halogenated alkanes) is 4. The zero-order valence-corrected chi connectivity index (χ0v) is 25.1. The Balaban J connectivity index is 0. The summed E-state index contributed by atoms with van der Waals surface area (Å²) in [4.78, 5) is 20.1. The average molecular weight is 527 g/mol. The molecule has 0 spiro atoms. The van der Waals surface area contributed by atoms with Gasteiger partial charge in [0, 0.05) is 11.9 Å². The van der Waals surface area contributed by atoms with E-state index in [-0.39, 0.29) is 32.3 Å². The maximum absolute atomic E-state index is 10.0. The number of H-pyrrole nitrogens is 1. The number of fused-ring (bicyclic) bond motifs is 1. The summed E-state index contributed by atoms with van der Waals surface area (Å²) in [6, 6.07) is 7.70. The number of aromatic nitrogens is 3. The van der Waals surface area contributed by atoms with Crippen LogP contribution in [-0.2, 0) is 29.1 Å². The number of hydrogen-bond acceptors (Lipinski definition) is 6. The van der Waals surface area contributed by atoms with Crippen LogP contribution in [0.25, 0.3) is 11.0 Å². The van der Waals surface area contributed by atoms with Gasteiger partial charge < -0.3 is 19.8 Å². The molecule has 0 unspecified atom stereocenters. The molecule has 0 radical (unpaired) electrons. The second-order valence-electron chi connectivity index (χ2n) is 10.8. The number of para-hydroxylation sites is 2. The molecule has 0 amide bonds. The molecule has 0 atom stereocenters. The fraction of sp³-hybridized carbons (Fsp3) is 0.692. The van der Waals surface area contributed by atoms with Crippen LogP contribution in [-0.4, -0.2) is 27.3 Å². The first-order valence-electron chi connectivity index (χ1n) is 12.0. The molecule has 0 aliphatic heterocycles. The van der Waals surface area contributed by atoms with Crippen molar-refractivity contribution in [2.24, 2.45) is 10.8 Å². The van der Waals surface area contributed by atoms with Gasteiger partial charge in [-0.1, -0.05) is 79.4 Å². The van der Waals surface area contributed by atoms with Crippen LogP contribution in [0.1, 0.15) is 106 Å². The topological polar surface area (TPSA) is 122 Å². The molecule has 2 aromatic rings. The molecule has 0 saturated carbocycles. The second-order valence-corrected chi connectivity index (χ2v) is 10.8. The Hall–Kier alpha value is -1.82. The van der Waals surface area contributed by atoms with Crippen molar-refractivity contribution in [3.63, 3.8) is 0 Å². The molecule has 188 valence electrons. The molecule has 1 aromatic heterocycles. The SMILES string of the molecule is CC(C)(C)CCCCCC(=O)[O-].CC(C)(C)CCCCCC(=O)[O-].[Zn+2].c1ccc2n[nH]nc2c1. The van der Waals surface area contributed by atoms with Crippen molar-refractivity contribution in [3.8, 4) is 0 Å². The van der Waals surface area contributed by atoms with Gasteiger partial charge in [-0.15, -0.1) is 0 Å². The third kappa shape index (κ3) is 23.3. The summed E-state index contributed by atoms with van der Waals surface area (Å²) in [5, 5.41) is 30.4. The van der Waals surface area contributed by atoms with Crippen molar-refractivity contribution >= 4 is 23.0 Å². The zero-order chi connectivity index (χ0) is 25.3.